The molecule has 1 fully saturated rings. The van der Waals surface area contributed by atoms with Crippen LogP contribution in [0.3, 0.4) is 0 Å². The van der Waals surface area contributed by atoms with Crippen LogP contribution < -0.4 is 0 Å². The number of hydrogen-bond donors (Lipinski definition) is 1. The lowest BCUT2D eigenvalue weighted by Crippen LogP contribution is -2.40. The van der Waals surface area contributed by atoms with E-state index in [9.17, 15) is 9.90 Å². The monoisotopic (exact) mass is 334 g/mol. The molecule has 1 amide bonds. The number of rotatable bonds is 4. The van der Waals surface area contributed by atoms with Gasteiger partial charge in [-0.25, -0.2) is 4.98 Å². The maximum atomic E-state index is 12.9. The molecule has 5 nitrogen and oxygen atoms in total. The van der Waals surface area contributed by atoms with Crippen LogP contribution in [0.4, 0.5) is 0 Å². The zero-order valence-electron chi connectivity index (χ0n) is 13.3. The average Bonchev–Trinajstić information content (AvgIpc) is 3.16. The molecule has 0 spiro atoms. The van der Waals surface area contributed by atoms with Crippen LogP contribution in [0.2, 0.25) is 0 Å². The van der Waals surface area contributed by atoms with Crippen LogP contribution in [0.5, 0.6) is 0 Å². The lowest BCUT2D eigenvalue weighted by molar-refractivity contribution is 0.0561. The van der Waals surface area contributed by atoms with Crippen LogP contribution in [-0.2, 0) is 0 Å². The van der Waals surface area contributed by atoms with E-state index in [0.717, 1.165) is 37.9 Å². The van der Waals surface area contributed by atoms with Crippen molar-refractivity contribution in [2.75, 3.05) is 6.54 Å². The Morgan fingerprint density at radius 1 is 1.52 bits per heavy atom. The molecule has 2 aromatic heterocycles. The van der Waals surface area contributed by atoms with Gasteiger partial charge in [-0.05, 0) is 31.9 Å². The van der Waals surface area contributed by atoms with Crippen molar-refractivity contribution in [3.05, 3.63) is 40.2 Å². The lowest BCUT2D eigenvalue weighted by atomic mass is 10.0. The highest BCUT2D eigenvalue weighted by atomic mass is 32.1. The van der Waals surface area contributed by atoms with E-state index in [1.54, 1.807) is 23.9 Å². The minimum Gasteiger partial charge on any atom is -0.467 e. The van der Waals surface area contributed by atoms with Crippen LogP contribution in [-0.4, -0.2) is 33.5 Å². The van der Waals surface area contributed by atoms with Gasteiger partial charge in [0.05, 0.1) is 17.5 Å². The van der Waals surface area contributed by atoms with Gasteiger partial charge in [0.2, 0.25) is 0 Å². The summed E-state index contributed by atoms with van der Waals surface area (Å²) in [6.07, 6.45) is 5.54. The van der Waals surface area contributed by atoms with Crippen molar-refractivity contribution in [2.24, 2.45) is 0 Å². The fourth-order valence-corrected chi connectivity index (χ4v) is 3.94. The van der Waals surface area contributed by atoms with Gasteiger partial charge in [0.25, 0.3) is 5.91 Å². The first-order valence-electron chi connectivity index (χ1n) is 8.09. The molecule has 0 saturated carbocycles. The van der Waals surface area contributed by atoms with Gasteiger partial charge in [-0.3, -0.25) is 4.79 Å². The summed E-state index contributed by atoms with van der Waals surface area (Å²) in [7, 11) is 0. The van der Waals surface area contributed by atoms with E-state index in [2.05, 4.69) is 4.98 Å². The minimum absolute atomic E-state index is 0.0339. The molecular weight excluding hydrogens is 312 g/mol. The van der Waals surface area contributed by atoms with Gasteiger partial charge >= 0.3 is 0 Å². The van der Waals surface area contributed by atoms with E-state index in [4.69, 9.17) is 4.42 Å². The number of aliphatic hydroxyl groups is 1. The van der Waals surface area contributed by atoms with E-state index < -0.39 is 6.10 Å². The number of aryl methyl sites for hydroxylation is 1. The molecule has 23 heavy (non-hydrogen) atoms. The highest BCUT2D eigenvalue weighted by Gasteiger charge is 2.30. The van der Waals surface area contributed by atoms with Gasteiger partial charge in [-0.15, -0.1) is 11.3 Å². The third kappa shape index (κ3) is 3.64. The molecule has 3 heterocycles. The molecular formula is C17H22N2O3S. The highest BCUT2D eigenvalue weighted by molar-refractivity contribution is 7.11. The maximum Gasteiger partial charge on any atom is 0.266 e. The van der Waals surface area contributed by atoms with Gasteiger partial charge in [0, 0.05) is 19.0 Å². The number of aromatic nitrogens is 1. The summed E-state index contributed by atoms with van der Waals surface area (Å²) < 4.78 is 5.29. The fraction of sp³-hybridized carbons (Fsp3) is 0.529. The zero-order valence-corrected chi connectivity index (χ0v) is 14.1. The quantitative estimate of drug-likeness (QED) is 0.928. The molecule has 0 bridgehead atoms. The van der Waals surface area contributed by atoms with Crippen molar-refractivity contribution in [1.29, 1.82) is 0 Å². The van der Waals surface area contributed by atoms with Crippen LogP contribution in [0.1, 0.15) is 59.3 Å². The number of nitrogens with zero attached hydrogens (tertiary/aromatic N) is 2. The van der Waals surface area contributed by atoms with Gasteiger partial charge in [-0.2, -0.15) is 0 Å². The second kappa shape index (κ2) is 7.27. The van der Waals surface area contributed by atoms with Crippen molar-refractivity contribution < 1.29 is 14.3 Å². The Balaban J connectivity index is 1.77. The predicted octanol–water partition coefficient (Wildman–Crippen LogP) is 3.55. The van der Waals surface area contributed by atoms with Crippen LogP contribution >= 0.6 is 11.3 Å². The first-order valence-corrected chi connectivity index (χ1v) is 8.97. The number of carbonyl (C=O) groups excluding carboxylic acids is 1. The molecule has 1 aliphatic heterocycles. The summed E-state index contributed by atoms with van der Waals surface area (Å²) >= 11 is 1.39. The Labute approximate surface area is 140 Å². The van der Waals surface area contributed by atoms with Gasteiger partial charge in [-0.1, -0.05) is 12.8 Å². The van der Waals surface area contributed by atoms with E-state index in [1.165, 1.54) is 11.3 Å². The van der Waals surface area contributed by atoms with E-state index in [1.807, 2.05) is 11.8 Å². The van der Waals surface area contributed by atoms with Crippen LogP contribution in [0.15, 0.2) is 28.3 Å². The Morgan fingerprint density at radius 2 is 2.39 bits per heavy atom. The molecule has 3 rings (SSSR count). The average molecular weight is 334 g/mol. The third-order valence-corrected chi connectivity index (χ3v) is 5.36. The molecule has 1 aliphatic rings. The topological polar surface area (TPSA) is 66.6 Å². The molecule has 0 aliphatic carbocycles. The lowest BCUT2D eigenvalue weighted by Gasteiger charge is -2.31. The maximum absolute atomic E-state index is 12.9. The van der Waals surface area contributed by atoms with Gasteiger partial charge in [0.1, 0.15) is 16.7 Å². The number of carbonyl (C=O) groups is 1. The minimum atomic E-state index is -0.675. The van der Waals surface area contributed by atoms with Crippen molar-refractivity contribution in [2.45, 2.75) is 51.2 Å². The Bertz CT molecular complexity index is 638. The summed E-state index contributed by atoms with van der Waals surface area (Å²) in [5, 5.41) is 10.4. The number of aliphatic hydroxyl groups excluding tert-OH is 1. The number of furan rings is 1. The Morgan fingerprint density at radius 3 is 3.09 bits per heavy atom. The van der Waals surface area contributed by atoms with Crippen LogP contribution in [0.25, 0.3) is 0 Å². The molecule has 6 heteroatoms. The van der Waals surface area contributed by atoms with Crippen molar-refractivity contribution in [3.63, 3.8) is 0 Å². The first-order chi connectivity index (χ1) is 11.2. The predicted molar refractivity (Wildman–Crippen MR) is 88.4 cm³/mol. The largest absolute Gasteiger partial charge is 0.467 e. The fourth-order valence-electron chi connectivity index (χ4n) is 3.18. The Hall–Kier alpha value is -1.66. The summed E-state index contributed by atoms with van der Waals surface area (Å²) in [5.41, 5.74) is 2.50. The van der Waals surface area contributed by atoms with E-state index in [0.29, 0.717) is 17.1 Å². The van der Waals surface area contributed by atoms with Crippen molar-refractivity contribution in [3.8, 4) is 0 Å². The second-order valence-corrected chi connectivity index (χ2v) is 6.89. The summed E-state index contributed by atoms with van der Waals surface area (Å²) in [5.74, 6) is 0.610. The molecule has 2 aromatic rings. The third-order valence-electron chi connectivity index (χ3n) is 4.44. The Kier molecular flexibility index (Phi) is 5.13. The number of amides is 1. The van der Waals surface area contributed by atoms with E-state index >= 15 is 0 Å². The summed E-state index contributed by atoms with van der Waals surface area (Å²) in [4.78, 5) is 19.7. The molecule has 2 atom stereocenters. The smallest absolute Gasteiger partial charge is 0.266 e. The summed E-state index contributed by atoms with van der Waals surface area (Å²) in [6, 6.07) is 3.59. The number of thiazole rings is 1. The summed E-state index contributed by atoms with van der Waals surface area (Å²) in [6.45, 7) is 2.61. The number of likely N-dealkylation sites (tertiary alicyclic amines) is 1. The highest BCUT2D eigenvalue weighted by Crippen LogP contribution is 2.28. The van der Waals surface area contributed by atoms with Crippen LogP contribution in [0, 0.1) is 6.92 Å². The first kappa shape index (κ1) is 16.2. The van der Waals surface area contributed by atoms with Crippen molar-refractivity contribution in [1.82, 2.24) is 9.88 Å². The molecule has 0 unspecified atom stereocenters. The van der Waals surface area contributed by atoms with Gasteiger partial charge < -0.3 is 14.4 Å². The molecule has 1 saturated heterocycles. The molecule has 124 valence electrons. The van der Waals surface area contributed by atoms with E-state index in [-0.39, 0.29) is 11.9 Å². The zero-order chi connectivity index (χ0) is 16.2. The SMILES string of the molecule is Cc1ncsc1C(=O)N1CCCCC[C@H]1C[C@@H](O)c1ccco1. The molecule has 0 aromatic carbocycles. The molecule has 1 N–H and O–H groups in total. The number of hydrogen-bond acceptors (Lipinski definition) is 5. The second-order valence-electron chi connectivity index (χ2n) is 6.04. The molecule has 0 radical (unpaired) electrons. The van der Waals surface area contributed by atoms with Crippen molar-refractivity contribution >= 4 is 17.2 Å². The standard InChI is InChI=1S/C17H22N2O3S/c1-12-16(23-11-18-12)17(21)19-8-4-2-3-6-13(19)10-14(20)15-7-5-9-22-15/h5,7,9,11,13-14,20H,2-4,6,8,10H2,1H3/t13-,14+/m0/s1. The van der Waals surface area contributed by atoms with Gasteiger partial charge in [0.15, 0.2) is 0 Å². The normalized spacial score (nSPS) is 20.3.